The standard InChI is InChI=1S/C23H24FN5O2/c1-28(2)13-7-12-25-22-20(19(30)14-29(22)18-11-6-4-9-16(18)24)21-26-17-10-5-3-8-15(17)23(31)27-21/h3-6,8-11,25H,7,12-14H2,1-2H3,(H,26,27,31). The highest BCUT2D eigenvalue weighted by molar-refractivity contribution is 6.26. The van der Waals surface area contributed by atoms with E-state index in [0.29, 0.717) is 29.0 Å². The molecule has 1 aliphatic rings. The number of nitrogens with zero attached hydrogens (tertiary/aromatic N) is 3. The molecule has 1 aromatic heterocycles. The van der Waals surface area contributed by atoms with Crippen molar-refractivity contribution in [2.24, 2.45) is 0 Å². The first-order valence-electron chi connectivity index (χ1n) is 10.1. The average Bonchev–Trinajstić information content (AvgIpc) is 3.07. The van der Waals surface area contributed by atoms with E-state index < -0.39 is 5.82 Å². The maximum Gasteiger partial charge on any atom is 0.259 e. The van der Waals surface area contributed by atoms with Crippen LogP contribution in [0.5, 0.6) is 0 Å². The second-order valence-corrected chi connectivity index (χ2v) is 7.70. The van der Waals surface area contributed by atoms with Gasteiger partial charge >= 0.3 is 0 Å². The zero-order valence-corrected chi connectivity index (χ0v) is 17.5. The van der Waals surface area contributed by atoms with Crippen LogP contribution in [-0.4, -0.2) is 54.4 Å². The Balaban J connectivity index is 1.81. The Morgan fingerprint density at radius 1 is 1.13 bits per heavy atom. The first kappa shape index (κ1) is 20.7. The van der Waals surface area contributed by atoms with Crippen molar-refractivity contribution >= 4 is 27.9 Å². The fraction of sp³-hybridized carbons (Fsp3) is 0.261. The van der Waals surface area contributed by atoms with Crippen molar-refractivity contribution in [1.29, 1.82) is 0 Å². The number of carbonyl (C=O) groups is 1. The van der Waals surface area contributed by atoms with E-state index in [2.05, 4.69) is 20.2 Å². The highest BCUT2D eigenvalue weighted by Gasteiger charge is 2.34. The number of benzene rings is 2. The summed E-state index contributed by atoms with van der Waals surface area (Å²) in [5.41, 5.74) is 0.732. The molecule has 0 bridgehead atoms. The summed E-state index contributed by atoms with van der Waals surface area (Å²) in [6.45, 7) is 1.39. The Hall–Kier alpha value is -3.52. The lowest BCUT2D eigenvalue weighted by molar-refractivity contribution is -0.112. The number of nitrogens with one attached hydrogen (secondary N) is 2. The number of anilines is 1. The van der Waals surface area contributed by atoms with E-state index >= 15 is 0 Å². The largest absolute Gasteiger partial charge is 0.371 e. The van der Waals surface area contributed by atoms with Gasteiger partial charge in [-0.3, -0.25) is 9.59 Å². The number of para-hydroxylation sites is 2. The molecule has 0 atom stereocenters. The zero-order chi connectivity index (χ0) is 22.0. The average molecular weight is 421 g/mol. The third kappa shape index (κ3) is 4.20. The number of aromatic amines is 1. The summed E-state index contributed by atoms with van der Waals surface area (Å²) in [6, 6.07) is 13.3. The van der Waals surface area contributed by atoms with E-state index in [1.165, 1.54) is 6.07 Å². The van der Waals surface area contributed by atoms with Crippen molar-refractivity contribution < 1.29 is 9.18 Å². The number of halogens is 1. The molecular weight excluding hydrogens is 397 g/mol. The zero-order valence-electron chi connectivity index (χ0n) is 17.5. The molecule has 31 heavy (non-hydrogen) atoms. The third-order valence-corrected chi connectivity index (χ3v) is 5.15. The first-order valence-corrected chi connectivity index (χ1v) is 10.1. The molecule has 2 heterocycles. The number of fused-ring (bicyclic) bond motifs is 1. The van der Waals surface area contributed by atoms with Crippen LogP contribution in [0.4, 0.5) is 10.1 Å². The molecule has 4 rings (SSSR count). The minimum absolute atomic E-state index is 0.0389. The van der Waals surface area contributed by atoms with E-state index in [9.17, 15) is 14.0 Å². The van der Waals surface area contributed by atoms with Gasteiger partial charge in [0, 0.05) is 6.54 Å². The molecule has 160 valence electrons. The summed E-state index contributed by atoms with van der Waals surface area (Å²) < 4.78 is 14.6. The van der Waals surface area contributed by atoms with Gasteiger partial charge in [0.15, 0.2) is 5.78 Å². The van der Waals surface area contributed by atoms with Gasteiger partial charge in [0.05, 0.1) is 23.1 Å². The Morgan fingerprint density at radius 2 is 1.87 bits per heavy atom. The molecule has 0 amide bonds. The quantitative estimate of drug-likeness (QED) is 0.570. The monoisotopic (exact) mass is 421 g/mol. The topological polar surface area (TPSA) is 81.3 Å². The molecule has 2 N–H and O–H groups in total. The van der Waals surface area contributed by atoms with Crippen LogP contribution in [0.15, 0.2) is 59.1 Å². The maximum absolute atomic E-state index is 14.6. The molecule has 0 radical (unpaired) electrons. The normalized spacial score (nSPS) is 14.2. The highest BCUT2D eigenvalue weighted by atomic mass is 19.1. The molecule has 0 saturated heterocycles. The second kappa shape index (κ2) is 8.69. The Bertz CT molecular complexity index is 1220. The van der Waals surface area contributed by atoms with Crippen molar-refractivity contribution in [3.63, 3.8) is 0 Å². The molecule has 0 aliphatic carbocycles. The summed E-state index contributed by atoms with van der Waals surface area (Å²) in [7, 11) is 3.97. The lowest BCUT2D eigenvalue weighted by Crippen LogP contribution is -2.32. The number of rotatable bonds is 7. The lowest BCUT2D eigenvalue weighted by Gasteiger charge is -2.23. The van der Waals surface area contributed by atoms with Crippen molar-refractivity contribution in [2.75, 3.05) is 38.6 Å². The number of aromatic nitrogens is 2. The Morgan fingerprint density at radius 3 is 2.65 bits per heavy atom. The molecule has 0 saturated carbocycles. The van der Waals surface area contributed by atoms with Crippen molar-refractivity contribution in [1.82, 2.24) is 20.2 Å². The summed E-state index contributed by atoms with van der Waals surface area (Å²) in [6.07, 6.45) is 0.824. The van der Waals surface area contributed by atoms with Crippen LogP contribution in [0.2, 0.25) is 0 Å². The molecule has 3 aromatic rings. The van der Waals surface area contributed by atoms with Gasteiger partial charge in [-0.15, -0.1) is 0 Å². The van der Waals surface area contributed by atoms with Gasteiger partial charge in [0.2, 0.25) is 0 Å². The van der Waals surface area contributed by atoms with E-state index in [4.69, 9.17) is 0 Å². The summed E-state index contributed by atoms with van der Waals surface area (Å²) >= 11 is 0. The lowest BCUT2D eigenvalue weighted by atomic mass is 10.1. The van der Waals surface area contributed by atoms with Crippen molar-refractivity contribution in [2.45, 2.75) is 6.42 Å². The number of H-pyrrole nitrogens is 1. The SMILES string of the molecule is CN(C)CCCNC1=C(c2nc3ccccc3c(=O)[nH]2)C(=O)CN1c1ccccc1F. The van der Waals surface area contributed by atoms with E-state index in [1.807, 2.05) is 14.1 Å². The highest BCUT2D eigenvalue weighted by Crippen LogP contribution is 2.31. The second-order valence-electron chi connectivity index (χ2n) is 7.70. The minimum atomic E-state index is -0.427. The van der Waals surface area contributed by atoms with Crippen LogP contribution >= 0.6 is 0 Å². The number of Topliss-reactive ketones (excluding diaryl/α,β-unsaturated/α-hetero) is 1. The van der Waals surface area contributed by atoms with Crippen molar-refractivity contribution in [3.8, 4) is 0 Å². The maximum atomic E-state index is 14.6. The van der Waals surface area contributed by atoms with E-state index in [1.54, 1.807) is 47.4 Å². The predicted molar refractivity (Wildman–Crippen MR) is 119 cm³/mol. The molecular formula is C23H24FN5O2. The van der Waals surface area contributed by atoms with Crippen LogP contribution in [0.3, 0.4) is 0 Å². The smallest absolute Gasteiger partial charge is 0.259 e. The summed E-state index contributed by atoms with van der Waals surface area (Å²) in [5.74, 6) is -0.0316. The van der Waals surface area contributed by atoms with Gasteiger partial charge in [-0.2, -0.15) is 0 Å². The molecule has 0 spiro atoms. The van der Waals surface area contributed by atoms with Gasteiger partial charge in [-0.25, -0.2) is 9.37 Å². The van der Waals surface area contributed by atoms with Crippen LogP contribution < -0.4 is 15.8 Å². The van der Waals surface area contributed by atoms with E-state index in [-0.39, 0.29) is 29.3 Å². The first-order chi connectivity index (χ1) is 15.0. The van der Waals surface area contributed by atoms with Gasteiger partial charge in [0.25, 0.3) is 5.56 Å². The van der Waals surface area contributed by atoms with Crippen LogP contribution in [-0.2, 0) is 4.79 Å². The summed E-state index contributed by atoms with van der Waals surface area (Å²) in [5, 5.41) is 3.74. The van der Waals surface area contributed by atoms with Crippen LogP contribution in [0.25, 0.3) is 16.5 Å². The van der Waals surface area contributed by atoms with Gasteiger partial charge < -0.3 is 20.1 Å². The van der Waals surface area contributed by atoms with Crippen LogP contribution in [0.1, 0.15) is 12.2 Å². The number of hydrogen-bond donors (Lipinski definition) is 2. The van der Waals surface area contributed by atoms with Gasteiger partial charge in [-0.05, 0) is 51.3 Å². The fourth-order valence-electron chi connectivity index (χ4n) is 3.68. The third-order valence-electron chi connectivity index (χ3n) is 5.15. The Kier molecular flexibility index (Phi) is 5.81. The number of hydrogen-bond acceptors (Lipinski definition) is 6. The molecule has 7 nitrogen and oxygen atoms in total. The van der Waals surface area contributed by atoms with Crippen molar-refractivity contribution in [3.05, 3.63) is 76.3 Å². The van der Waals surface area contributed by atoms with E-state index in [0.717, 1.165) is 13.0 Å². The molecule has 8 heteroatoms. The molecule has 2 aromatic carbocycles. The van der Waals surface area contributed by atoms with Crippen LogP contribution in [0, 0.1) is 5.82 Å². The summed E-state index contributed by atoms with van der Waals surface area (Å²) in [4.78, 5) is 36.5. The Labute approximate surface area is 179 Å². The number of carbonyl (C=O) groups excluding carboxylic acids is 1. The minimum Gasteiger partial charge on any atom is -0.371 e. The number of ketones is 1. The molecule has 0 unspecified atom stereocenters. The predicted octanol–water partition coefficient (Wildman–Crippen LogP) is 2.36. The van der Waals surface area contributed by atoms with Gasteiger partial charge in [-0.1, -0.05) is 24.3 Å². The van der Waals surface area contributed by atoms with Gasteiger partial charge in [0.1, 0.15) is 23.0 Å². The molecule has 0 fully saturated rings. The molecule has 1 aliphatic heterocycles. The fourth-order valence-corrected chi connectivity index (χ4v) is 3.68.